The highest BCUT2D eigenvalue weighted by molar-refractivity contribution is 5.26. The SMILES string of the molecule is CC1(C2CCCO2)NCCc2[nH]cnc21. The fraction of sp³-hybridized carbons (Fsp3) is 0.727. The van der Waals surface area contributed by atoms with Crippen molar-refractivity contribution in [2.24, 2.45) is 0 Å². The molecule has 3 heterocycles. The van der Waals surface area contributed by atoms with E-state index in [0.29, 0.717) is 0 Å². The molecular weight excluding hydrogens is 190 g/mol. The molecule has 4 nitrogen and oxygen atoms in total. The van der Waals surface area contributed by atoms with Gasteiger partial charge in [0.15, 0.2) is 0 Å². The van der Waals surface area contributed by atoms with Gasteiger partial charge in [0, 0.05) is 25.3 Å². The van der Waals surface area contributed by atoms with Crippen LogP contribution in [0.2, 0.25) is 0 Å². The molecule has 2 N–H and O–H groups in total. The lowest BCUT2D eigenvalue weighted by Crippen LogP contribution is -2.53. The Kier molecular flexibility index (Phi) is 2.07. The van der Waals surface area contributed by atoms with Crippen LogP contribution in [0.5, 0.6) is 0 Å². The topological polar surface area (TPSA) is 49.9 Å². The third-order valence-electron chi connectivity index (χ3n) is 3.65. The molecule has 0 saturated carbocycles. The number of nitrogens with zero attached hydrogens (tertiary/aromatic N) is 1. The van der Waals surface area contributed by atoms with Crippen molar-refractivity contribution in [2.75, 3.05) is 13.2 Å². The van der Waals surface area contributed by atoms with Crippen LogP contribution in [-0.2, 0) is 16.7 Å². The number of nitrogens with one attached hydrogen (secondary N) is 2. The van der Waals surface area contributed by atoms with Gasteiger partial charge in [0.25, 0.3) is 0 Å². The first-order valence-corrected chi connectivity index (χ1v) is 5.70. The largest absolute Gasteiger partial charge is 0.376 e. The second kappa shape index (κ2) is 3.32. The molecule has 15 heavy (non-hydrogen) atoms. The first kappa shape index (κ1) is 9.36. The third-order valence-corrected chi connectivity index (χ3v) is 3.65. The van der Waals surface area contributed by atoms with Crippen LogP contribution in [0.4, 0.5) is 0 Å². The Balaban J connectivity index is 1.99. The van der Waals surface area contributed by atoms with Crippen molar-refractivity contribution in [3.05, 3.63) is 17.7 Å². The summed E-state index contributed by atoms with van der Waals surface area (Å²) < 4.78 is 5.81. The van der Waals surface area contributed by atoms with Gasteiger partial charge in [-0.05, 0) is 19.8 Å². The highest BCUT2D eigenvalue weighted by atomic mass is 16.5. The highest BCUT2D eigenvalue weighted by Gasteiger charge is 2.43. The number of ether oxygens (including phenoxy) is 1. The molecule has 2 unspecified atom stereocenters. The molecule has 1 fully saturated rings. The summed E-state index contributed by atoms with van der Waals surface area (Å²) in [4.78, 5) is 7.69. The van der Waals surface area contributed by atoms with Crippen molar-refractivity contribution in [3.63, 3.8) is 0 Å². The fourth-order valence-electron chi connectivity index (χ4n) is 2.79. The number of hydrogen-bond donors (Lipinski definition) is 2. The van der Waals surface area contributed by atoms with Gasteiger partial charge in [0.1, 0.15) is 0 Å². The van der Waals surface area contributed by atoms with Crippen LogP contribution in [-0.4, -0.2) is 29.2 Å². The number of H-pyrrole nitrogens is 1. The lowest BCUT2D eigenvalue weighted by atomic mass is 9.85. The molecule has 2 atom stereocenters. The van der Waals surface area contributed by atoms with Crippen LogP contribution >= 0.6 is 0 Å². The average Bonchev–Trinajstić information content (AvgIpc) is 2.89. The predicted molar refractivity (Wildman–Crippen MR) is 56.6 cm³/mol. The van der Waals surface area contributed by atoms with Gasteiger partial charge in [-0.3, -0.25) is 0 Å². The molecule has 0 amide bonds. The Morgan fingerprint density at radius 1 is 1.60 bits per heavy atom. The van der Waals surface area contributed by atoms with E-state index in [1.807, 2.05) is 0 Å². The van der Waals surface area contributed by atoms with E-state index in [1.165, 1.54) is 12.1 Å². The van der Waals surface area contributed by atoms with Crippen LogP contribution in [0.3, 0.4) is 0 Å². The van der Waals surface area contributed by atoms with Gasteiger partial charge >= 0.3 is 0 Å². The summed E-state index contributed by atoms with van der Waals surface area (Å²) in [7, 11) is 0. The summed E-state index contributed by atoms with van der Waals surface area (Å²) in [6.45, 7) is 4.11. The molecule has 2 aliphatic rings. The summed E-state index contributed by atoms with van der Waals surface area (Å²) >= 11 is 0. The average molecular weight is 207 g/mol. The molecule has 1 saturated heterocycles. The van der Waals surface area contributed by atoms with Gasteiger partial charge in [-0.25, -0.2) is 4.98 Å². The number of rotatable bonds is 1. The Morgan fingerprint density at radius 2 is 2.53 bits per heavy atom. The molecule has 2 aliphatic heterocycles. The monoisotopic (exact) mass is 207 g/mol. The minimum absolute atomic E-state index is 0.0932. The van der Waals surface area contributed by atoms with Gasteiger partial charge in [-0.2, -0.15) is 0 Å². The van der Waals surface area contributed by atoms with E-state index in [2.05, 4.69) is 22.2 Å². The third kappa shape index (κ3) is 1.32. The summed E-state index contributed by atoms with van der Waals surface area (Å²) in [6.07, 6.45) is 5.42. The van der Waals surface area contributed by atoms with Gasteiger partial charge in [0.2, 0.25) is 0 Å². The quantitative estimate of drug-likeness (QED) is 0.721. The van der Waals surface area contributed by atoms with Crippen molar-refractivity contribution in [2.45, 2.75) is 37.8 Å². The molecule has 1 aromatic heterocycles. The number of fused-ring (bicyclic) bond motifs is 1. The molecule has 0 aromatic carbocycles. The van der Waals surface area contributed by atoms with E-state index in [4.69, 9.17) is 4.74 Å². The molecule has 3 rings (SSSR count). The van der Waals surface area contributed by atoms with Gasteiger partial charge in [-0.1, -0.05) is 0 Å². The Hall–Kier alpha value is -0.870. The van der Waals surface area contributed by atoms with E-state index in [0.717, 1.165) is 31.7 Å². The van der Waals surface area contributed by atoms with Crippen LogP contribution in [0, 0.1) is 0 Å². The Morgan fingerprint density at radius 3 is 3.33 bits per heavy atom. The van der Waals surface area contributed by atoms with E-state index in [9.17, 15) is 0 Å². The van der Waals surface area contributed by atoms with E-state index < -0.39 is 0 Å². The second-order valence-corrected chi connectivity index (χ2v) is 4.61. The fourth-order valence-corrected chi connectivity index (χ4v) is 2.79. The molecule has 4 heteroatoms. The van der Waals surface area contributed by atoms with Crippen LogP contribution in [0.1, 0.15) is 31.2 Å². The normalized spacial score (nSPS) is 35.4. The summed E-state index contributed by atoms with van der Waals surface area (Å²) in [5.74, 6) is 0. The molecule has 0 radical (unpaired) electrons. The highest BCUT2D eigenvalue weighted by Crippen LogP contribution is 2.35. The molecule has 1 aromatic rings. The van der Waals surface area contributed by atoms with Crippen molar-refractivity contribution in [1.82, 2.24) is 15.3 Å². The van der Waals surface area contributed by atoms with E-state index in [1.54, 1.807) is 6.33 Å². The summed E-state index contributed by atoms with van der Waals surface area (Å²) in [5.41, 5.74) is 2.33. The molecule has 82 valence electrons. The van der Waals surface area contributed by atoms with Crippen molar-refractivity contribution >= 4 is 0 Å². The molecule has 0 bridgehead atoms. The lowest BCUT2D eigenvalue weighted by Gasteiger charge is -2.38. The zero-order valence-corrected chi connectivity index (χ0v) is 9.05. The summed E-state index contributed by atoms with van der Waals surface area (Å²) in [6, 6.07) is 0. The smallest absolute Gasteiger partial charge is 0.0926 e. The molecule has 0 aliphatic carbocycles. The number of imidazole rings is 1. The zero-order chi connectivity index (χ0) is 10.3. The van der Waals surface area contributed by atoms with Crippen LogP contribution in [0.25, 0.3) is 0 Å². The standard InChI is InChI=1S/C11H17N3O/c1-11(9-3-2-6-15-9)10-8(4-5-14-11)12-7-13-10/h7,9,14H,2-6H2,1H3,(H,12,13). The van der Waals surface area contributed by atoms with Gasteiger partial charge in [-0.15, -0.1) is 0 Å². The second-order valence-electron chi connectivity index (χ2n) is 4.61. The van der Waals surface area contributed by atoms with Crippen molar-refractivity contribution in [1.29, 1.82) is 0 Å². The van der Waals surface area contributed by atoms with E-state index >= 15 is 0 Å². The Bertz CT molecular complexity index is 356. The zero-order valence-electron chi connectivity index (χ0n) is 9.05. The molecule has 0 spiro atoms. The minimum atomic E-state index is -0.0932. The van der Waals surface area contributed by atoms with Crippen LogP contribution < -0.4 is 5.32 Å². The number of hydrogen-bond acceptors (Lipinski definition) is 3. The maximum atomic E-state index is 5.81. The maximum Gasteiger partial charge on any atom is 0.0926 e. The summed E-state index contributed by atoms with van der Waals surface area (Å²) in [5, 5.41) is 3.57. The van der Waals surface area contributed by atoms with Gasteiger partial charge < -0.3 is 15.0 Å². The maximum absolute atomic E-state index is 5.81. The predicted octanol–water partition coefficient (Wildman–Crippen LogP) is 0.950. The Labute approximate surface area is 89.4 Å². The number of aromatic nitrogens is 2. The van der Waals surface area contributed by atoms with E-state index in [-0.39, 0.29) is 11.6 Å². The van der Waals surface area contributed by atoms with Crippen molar-refractivity contribution < 1.29 is 4.74 Å². The van der Waals surface area contributed by atoms with Crippen molar-refractivity contribution in [3.8, 4) is 0 Å². The first-order valence-electron chi connectivity index (χ1n) is 5.70. The van der Waals surface area contributed by atoms with Crippen LogP contribution in [0.15, 0.2) is 6.33 Å². The van der Waals surface area contributed by atoms with Gasteiger partial charge in [0.05, 0.1) is 23.7 Å². The minimum Gasteiger partial charge on any atom is -0.376 e. The lowest BCUT2D eigenvalue weighted by molar-refractivity contribution is 0.0289. The first-order chi connectivity index (χ1) is 7.31. The molecular formula is C11H17N3O. The number of aromatic amines is 1.